The summed E-state index contributed by atoms with van der Waals surface area (Å²) < 4.78 is 24.3. The number of unbranched alkanes of at least 4 members (excludes halogenated alkanes) is 1. The normalized spacial score (nSPS) is 11.6. The monoisotopic (exact) mass is 292 g/mol. The van der Waals surface area contributed by atoms with E-state index in [1.807, 2.05) is 0 Å². The van der Waals surface area contributed by atoms with Gasteiger partial charge < -0.3 is 5.11 Å². The Labute approximate surface area is 98.2 Å². The number of aliphatic hydroxyl groups is 1. The zero-order chi connectivity index (χ0) is 11.3. The Kier molecular flexibility index (Phi) is 4.76. The molecule has 0 aliphatic carbocycles. The maximum absolute atomic E-state index is 11.7. The highest BCUT2D eigenvalue weighted by atomic mass is 79.9. The summed E-state index contributed by atoms with van der Waals surface area (Å²) in [5.74, 6) is 0.0925. The van der Waals surface area contributed by atoms with Crippen molar-refractivity contribution in [2.75, 3.05) is 12.4 Å². The molecule has 0 atom stereocenters. The van der Waals surface area contributed by atoms with Crippen molar-refractivity contribution in [3.05, 3.63) is 28.7 Å². The van der Waals surface area contributed by atoms with Gasteiger partial charge in [-0.05, 0) is 37.1 Å². The van der Waals surface area contributed by atoms with Crippen LogP contribution in [0.3, 0.4) is 0 Å². The van der Waals surface area contributed by atoms with E-state index in [2.05, 4.69) is 15.9 Å². The number of halogens is 1. The molecule has 0 fully saturated rings. The molecular weight excluding hydrogens is 280 g/mol. The van der Waals surface area contributed by atoms with Gasteiger partial charge in [0.1, 0.15) is 0 Å². The fourth-order valence-electron chi connectivity index (χ4n) is 1.16. The van der Waals surface area contributed by atoms with Crippen LogP contribution in [0.15, 0.2) is 33.6 Å². The molecule has 0 amide bonds. The van der Waals surface area contributed by atoms with E-state index in [9.17, 15) is 8.42 Å². The van der Waals surface area contributed by atoms with Crippen molar-refractivity contribution < 1.29 is 13.5 Å². The second-order valence-electron chi connectivity index (χ2n) is 3.20. The number of rotatable bonds is 5. The molecule has 5 heteroatoms. The van der Waals surface area contributed by atoms with Gasteiger partial charge >= 0.3 is 0 Å². The summed E-state index contributed by atoms with van der Waals surface area (Å²) in [5.41, 5.74) is 0. The number of aliphatic hydroxyl groups excluding tert-OH is 1. The fraction of sp³-hybridized carbons (Fsp3) is 0.400. The molecule has 0 aliphatic rings. The maximum atomic E-state index is 11.7. The predicted molar refractivity (Wildman–Crippen MR) is 62.5 cm³/mol. The molecule has 0 spiro atoms. The van der Waals surface area contributed by atoms with Gasteiger partial charge in [-0.2, -0.15) is 0 Å². The molecule has 0 saturated heterocycles. The standard InChI is InChI=1S/C10H13BrO3S/c11-9-3-5-10(6-4-9)15(13,14)8-2-1-7-12/h3-6,12H,1-2,7-8H2. The van der Waals surface area contributed by atoms with Gasteiger partial charge in [0.25, 0.3) is 0 Å². The summed E-state index contributed by atoms with van der Waals surface area (Å²) in [6.07, 6.45) is 1.02. The molecule has 0 radical (unpaired) electrons. The van der Waals surface area contributed by atoms with E-state index >= 15 is 0 Å². The van der Waals surface area contributed by atoms with Crippen LogP contribution in [0.25, 0.3) is 0 Å². The summed E-state index contributed by atoms with van der Waals surface area (Å²) in [5, 5.41) is 8.57. The first-order valence-corrected chi connectivity index (χ1v) is 7.10. The van der Waals surface area contributed by atoms with Gasteiger partial charge in [0.05, 0.1) is 10.6 Å². The molecule has 0 aliphatic heterocycles. The molecule has 0 aromatic heterocycles. The van der Waals surface area contributed by atoms with E-state index in [0.717, 1.165) is 4.47 Å². The third-order valence-electron chi connectivity index (χ3n) is 1.99. The van der Waals surface area contributed by atoms with E-state index in [1.54, 1.807) is 24.3 Å². The Bertz CT molecular complexity index is 397. The zero-order valence-corrected chi connectivity index (χ0v) is 10.6. The van der Waals surface area contributed by atoms with Crippen molar-refractivity contribution in [2.24, 2.45) is 0 Å². The second-order valence-corrected chi connectivity index (χ2v) is 6.23. The minimum absolute atomic E-state index is 0.0376. The molecule has 0 bridgehead atoms. The lowest BCUT2D eigenvalue weighted by atomic mass is 10.4. The van der Waals surface area contributed by atoms with Crippen molar-refractivity contribution in [3.63, 3.8) is 0 Å². The highest BCUT2D eigenvalue weighted by Crippen LogP contribution is 2.16. The van der Waals surface area contributed by atoms with E-state index < -0.39 is 9.84 Å². The van der Waals surface area contributed by atoms with Crippen LogP contribution in [0.1, 0.15) is 12.8 Å². The summed E-state index contributed by atoms with van der Waals surface area (Å²) in [7, 11) is -3.18. The van der Waals surface area contributed by atoms with Crippen molar-refractivity contribution in [2.45, 2.75) is 17.7 Å². The molecule has 0 saturated carbocycles. The summed E-state index contributed by atoms with van der Waals surface area (Å²) in [6, 6.07) is 6.58. The summed E-state index contributed by atoms with van der Waals surface area (Å²) >= 11 is 3.25. The maximum Gasteiger partial charge on any atom is 0.178 e. The Morgan fingerprint density at radius 2 is 1.73 bits per heavy atom. The van der Waals surface area contributed by atoms with E-state index in [4.69, 9.17) is 5.11 Å². The molecular formula is C10H13BrO3S. The number of benzene rings is 1. The van der Waals surface area contributed by atoms with Crippen LogP contribution in [0.4, 0.5) is 0 Å². The molecule has 3 nitrogen and oxygen atoms in total. The first kappa shape index (κ1) is 12.7. The molecule has 1 rings (SSSR count). The topological polar surface area (TPSA) is 54.4 Å². The largest absolute Gasteiger partial charge is 0.396 e. The van der Waals surface area contributed by atoms with Crippen LogP contribution in [-0.2, 0) is 9.84 Å². The van der Waals surface area contributed by atoms with E-state index in [1.165, 1.54) is 0 Å². The lowest BCUT2D eigenvalue weighted by Crippen LogP contribution is -2.07. The van der Waals surface area contributed by atoms with Crippen LogP contribution in [0.2, 0.25) is 0 Å². The SMILES string of the molecule is O=S(=O)(CCCCO)c1ccc(Br)cc1. The van der Waals surface area contributed by atoms with Gasteiger partial charge in [-0.25, -0.2) is 8.42 Å². The molecule has 0 heterocycles. The van der Waals surface area contributed by atoms with E-state index in [-0.39, 0.29) is 12.4 Å². The van der Waals surface area contributed by atoms with Crippen molar-refractivity contribution >= 4 is 25.8 Å². The average molecular weight is 293 g/mol. The van der Waals surface area contributed by atoms with Crippen LogP contribution in [0, 0.1) is 0 Å². The summed E-state index contributed by atoms with van der Waals surface area (Å²) in [4.78, 5) is 0.337. The lowest BCUT2D eigenvalue weighted by molar-refractivity contribution is 0.287. The van der Waals surface area contributed by atoms with Crippen molar-refractivity contribution in [1.29, 1.82) is 0 Å². The number of sulfone groups is 1. The van der Waals surface area contributed by atoms with Crippen molar-refractivity contribution in [1.82, 2.24) is 0 Å². The predicted octanol–water partition coefficient (Wildman–Crippen LogP) is 2.00. The third kappa shape index (κ3) is 3.93. The minimum atomic E-state index is -3.18. The molecule has 15 heavy (non-hydrogen) atoms. The smallest absolute Gasteiger partial charge is 0.178 e. The highest BCUT2D eigenvalue weighted by molar-refractivity contribution is 9.10. The van der Waals surface area contributed by atoms with Crippen molar-refractivity contribution in [3.8, 4) is 0 Å². The Balaban J connectivity index is 2.73. The number of hydrogen-bond acceptors (Lipinski definition) is 3. The quantitative estimate of drug-likeness (QED) is 0.845. The first-order valence-electron chi connectivity index (χ1n) is 4.65. The highest BCUT2D eigenvalue weighted by Gasteiger charge is 2.13. The fourth-order valence-corrected chi connectivity index (χ4v) is 2.80. The Morgan fingerprint density at radius 3 is 2.27 bits per heavy atom. The lowest BCUT2D eigenvalue weighted by Gasteiger charge is -2.03. The first-order chi connectivity index (χ1) is 7.06. The molecule has 1 aromatic carbocycles. The Morgan fingerprint density at radius 1 is 1.13 bits per heavy atom. The Hall–Kier alpha value is -0.390. The van der Waals surface area contributed by atoms with Gasteiger partial charge in [-0.1, -0.05) is 15.9 Å². The van der Waals surface area contributed by atoms with Gasteiger partial charge in [0.15, 0.2) is 9.84 Å². The van der Waals surface area contributed by atoms with Gasteiger partial charge in [0.2, 0.25) is 0 Å². The second kappa shape index (κ2) is 5.63. The van der Waals surface area contributed by atoms with Gasteiger partial charge in [-0.3, -0.25) is 0 Å². The molecule has 0 unspecified atom stereocenters. The minimum Gasteiger partial charge on any atom is -0.396 e. The molecule has 84 valence electrons. The van der Waals surface area contributed by atoms with E-state index in [0.29, 0.717) is 17.7 Å². The third-order valence-corrected chi connectivity index (χ3v) is 4.34. The molecule has 1 aromatic rings. The number of hydrogen-bond donors (Lipinski definition) is 1. The van der Waals surface area contributed by atoms with Crippen LogP contribution < -0.4 is 0 Å². The van der Waals surface area contributed by atoms with Crippen LogP contribution in [0.5, 0.6) is 0 Å². The zero-order valence-electron chi connectivity index (χ0n) is 8.19. The van der Waals surface area contributed by atoms with Gasteiger partial charge in [0, 0.05) is 11.1 Å². The van der Waals surface area contributed by atoms with Gasteiger partial charge in [-0.15, -0.1) is 0 Å². The van der Waals surface area contributed by atoms with Crippen LogP contribution in [-0.4, -0.2) is 25.9 Å². The van der Waals surface area contributed by atoms with Crippen LogP contribution >= 0.6 is 15.9 Å². The molecule has 1 N–H and O–H groups in total. The summed E-state index contributed by atoms with van der Waals surface area (Å²) in [6.45, 7) is 0.0376. The average Bonchev–Trinajstić information content (AvgIpc) is 2.18.